The largest absolute Gasteiger partial charge is 0.0625 e. The normalized spacial score (nSPS) is 13.2. The maximum absolute atomic E-state index is 3.93. The van der Waals surface area contributed by atoms with Crippen molar-refractivity contribution in [2.24, 2.45) is 5.92 Å². The van der Waals surface area contributed by atoms with Crippen LogP contribution in [0.25, 0.3) is 0 Å². The zero-order chi connectivity index (χ0) is 10.6. The van der Waals surface area contributed by atoms with E-state index in [1.54, 1.807) is 0 Å². The summed E-state index contributed by atoms with van der Waals surface area (Å²) < 4.78 is 0. The molecule has 1 aromatic rings. The first-order valence-corrected chi connectivity index (χ1v) is 5.51. The SMILES string of the molecule is [CH2]CC(C)c1ccc(CC(C)C)cc1. The molecule has 1 atom stereocenters. The first-order valence-electron chi connectivity index (χ1n) is 5.51. The van der Waals surface area contributed by atoms with Crippen LogP contribution in [0.2, 0.25) is 0 Å². The van der Waals surface area contributed by atoms with Crippen LogP contribution in [0.3, 0.4) is 0 Å². The van der Waals surface area contributed by atoms with Gasteiger partial charge in [-0.3, -0.25) is 0 Å². The molecule has 1 unspecified atom stereocenters. The minimum atomic E-state index is 0.586. The fraction of sp³-hybridized carbons (Fsp3) is 0.500. The molecular formula is C14H21. The van der Waals surface area contributed by atoms with Crippen molar-refractivity contribution < 1.29 is 0 Å². The number of hydrogen-bond acceptors (Lipinski definition) is 0. The lowest BCUT2D eigenvalue weighted by Crippen LogP contribution is -1.95. The molecule has 0 spiro atoms. The summed E-state index contributed by atoms with van der Waals surface area (Å²) in [5.74, 6) is 1.33. The van der Waals surface area contributed by atoms with E-state index in [0.717, 1.165) is 12.3 Å². The third-order valence-corrected chi connectivity index (χ3v) is 2.63. The van der Waals surface area contributed by atoms with E-state index in [-0.39, 0.29) is 0 Å². The van der Waals surface area contributed by atoms with Gasteiger partial charge in [-0.15, -0.1) is 0 Å². The maximum Gasteiger partial charge on any atom is -0.0190 e. The highest BCUT2D eigenvalue weighted by molar-refractivity contribution is 5.25. The predicted molar refractivity (Wildman–Crippen MR) is 63.4 cm³/mol. The van der Waals surface area contributed by atoms with Gasteiger partial charge in [-0.1, -0.05) is 52.0 Å². The van der Waals surface area contributed by atoms with E-state index in [1.807, 2.05) is 0 Å². The van der Waals surface area contributed by atoms with Gasteiger partial charge in [0.15, 0.2) is 0 Å². The van der Waals surface area contributed by atoms with E-state index in [2.05, 4.69) is 52.0 Å². The lowest BCUT2D eigenvalue weighted by atomic mass is 9.95. The molecule has 0 fully saturated rings. The fourth-order valence-electron chi connectivity index (χ4n) is 1.62. The Morgan fingerprint density at radius 1 is 1.07 bits per heavy atom. The monoisotopic (exact) mass is 189 g/mol. The maximum atomic E-state index is 3.93. The first-order chi connectivity index (χ1) is 6.63. The number of hydrogen-bond donors (Lipinski definition) is 0. The van der Waals surface area contributed by atoms with Crippen LogP contribution in [-0.2, 0) is 6.42 Å². The molecule has 14 heavy (non-hydrogen) atoms. The van der Waals surface area contributed by atoms with E-state index in [4.69, 9.17) is 0 Å². The van der Waals surface area contributed by atoms with Gasteiger partial charge in [0.25, 0.3) is 0 Å². The Hall–Kier alpha value is -0.780. The van der Waals surface area contributed by atoms with Crippen LogP contribution in [0.5, 0.6) is 0 Å². The molecule has 77 valence electrons. The van der Waals surface area contributed by atoms with Gasteiger partial charge in [-0.2, -0.15) is 0 Å². The molecule has 0 amide bonds. The van der Waals surface area contributed by atoms with E-state index in [0.29, 0.717) is 5.92 Å². The highest BCUT2D eigenvalue weighted by Gasteiger charge is 2.03. The Morgan fingerprint density at radius 2 is 1.64 bits per heavy atom. The summed E-state index contributed by atoms with van der Waals surface area (Å²) in [6, 6.07) is 8.99. The molecule has 0 aromatic heterocycles. The van der Waals surface area contributed by atoms with Crippen molar-refractivity contribution in [2.75, 3.05) is 0 Å². The van der Waals surface area contributed by atoms with Gasteiger partial charge in [0, 0.05) is 0 Å². The molecule has 0 bridgehead atoms. The summed E-state index contributed by atoms with van der Waals surface area (Å²) in [5.41, 5.74) is 2.85. The molecule has 0 heteroatoms. The molecule has 1 radical (unpaired) electrons. The second-order valence-electron chi connectivity index (χ2n) is 4.53. The fourth-order valence-corrected chi connectivity index (χ4v) is 1.62. The lowest BCUT2D eigenvalue weighted by Gasteiger charge is -2.10. The molecule has 0 aliphatic heterocycles. The third kappa shape index (κ3) is 3.17. The van der Waals surface area contributed by atoms with Gasteiger partial charge in [0.2, 0.25) is 0 Å². The van der Waals surface area contributed by atoms with E-state index in [9.17, 15) is 0 Å². The topological polar surface area (TPSA) is 0 Å². The van der Waals surface area contributed by atoms with Gasteiger partial charge in [0.05, 0.1) is 0 Å². The summed E-state index contributed by atoms with van der Waals surface area (Å²) in [7, 11) is 0. The van der Waals surface area contributed by atoms with Gasteiger partial charge in [0.1, 0.15) is 0 Å². The van der Waals surface area contributed by atoms with Crippen LogP contribution in [0.15, 0.2) is 24.3 Å². The Balaban J connectivity index is 2.68. The third-order valence-electron chi connectivity index (χ3n) is 2.63. The number of rotatable bonds is 4. The molecule has 0 aliphatic rings. The molecule has 0 heterocycles. The highest BCUT2D eigenvalue weighted by atomic mass is 14.1. The minimum Gasteiger partial charge on any atom is -0.0625 e. The molecule has 0 N–H and O–H groups in total. The Kier molecular flexibility index (Phi) is 4.19. The molecule has 0 saturated heterocycles. The second-order valence-corrected chi connectivity index (χ2v) is 4.53. The van der Waals surface area contributed by atoms with E-state index < -0.39 is 0 Å². The van der Waals surface area contributed by atoms with E-state index >= 15 is 0 Å². The van der Waals surface area contributed by atoms with Gasteiger partial charge in [-0.05, 0) is 35.8 Å². The van der Waals surface area contributed by atoms with Crippen LogP contribution < -0.4 is 0 Å². The van der Waals surface area contributed by atoms with Crippen LogP contribution in [0.1, 0.15) is 44.2 Å². The molecule has 0 saturated carbocycles. The quantitative estimate of drug-likeness (QED) is 0.665. The van der Waals surface area contributed by atoms with Gasteiger partial charge < -0.3 is 0 Å². The minimum absolute atomic E-state index is 0.586. The average Bonchev–Trinajstić information content (AvgIpc) is 2.17. The summed E-state index contributed by atoms with van der Waals surface area (Å²) >= 11 is 0. The van der Waals surface area contributed by atoms with Gasteiger partial charge in [-0.25, -0.2) is 0 Å². The van der Waals surface area contributed by atoms with Crippen LogP contribution >= 0.6 is 0 Å². The smallest absolute Gasteiger partial charge is 0.0190 e. The second kappa shape index (κ2) is 5.19. The predicted octanol–water partition coefficient (Wildman–Crippen LogP) is 4.21. The Bertz CT molecular complexity index is 256. The Morgan fingerprint density at radius 3 is 2.07 bits per heavy atom. The molecular weight excluding hydrogens is 168 g/mol. The van der Waals surface area contributed by atoms with Crippen molar-refractivity contribution in [1.82, 2.24) is 0 Å². The summed E-state index contributed by atoms with van der Waals surface area (Å²) in [6.07, 6.45) is 2.16. The summed E-state index contributed by atoms with van der Waals surface area (Å²) in [5, 5.41) is 0. The zero-order valence-corrected chi connectivity index (χ0v) is 9.59. The summed E-state index contributed by atoms with van der Waals surface area (Å²) in [6.45, 7) is 10.7. The molecule has 0 nitrogen and oxygen atoms in total. The van der Waals surface area contributed by atoms with Crippen molar-refractivity contribution in [2.45, 2.75) is 39.5 Å². The van der Waals surface area contributed by atoms with Crippen molar-refractivity contribution in [3.05, 3.63) is 42.3 Å². The molecule has 1 aromatic carbocycles. The average molecular weight is 189 g/mol. The van der Waals surface area contributed by atoms with Crippen LogP contribution in [0, 0.1) is 12.8 Å². The van der Waals surface area contributed by atoms with E-state index in [1.165, 1.54) is 17.5 Å². The van der Waals surface area contributed by atoms with Crippen LogP contribution in [-0.4, -0.2) is 0 Å². The Labute approximate surface area is 88.4 Å². The molecule has 0 aliphatic carbocycles. The zero-order valence-electron chi connectivity index (χ0n) is 9.59. The first kappa shape index (κ1) is 11.3. The van der Waals surface area contributed by atoms with Crippen molar-refractivity contribution in [3.63, 3.8) is 0 Å². The van der Waals surface area contributed by atoms with Crippen molar-refractivity contribution >= 4 is 0 Å². The number of benzene rings is 1. The standard InChI is InChI=1S/C14H21/c1-5-12(4)14-8-6-13(7-9-14)10-11(2)3/h6-9,11-12H,1,5,10H2,2-4H3. The van der Waals surface area contributed by atoms with Gasteiger partial charge >= 0.3 is 0 Å². The summed E-state index contributed by atoms with van der Waals surface area (Å²) in [4.78, 5) is 0. The van der Waals surface area contributed by atoms with Crippen molar-refractivity contribution in [3.8, 4) is 0 Å². The van der Waals surface area contributed by atoms with Crippen molar-refractivity contribution in [1.29, 1.82) is 0 Å². The lowest BCUT2D eigenvalue weighted by molar-refractivity contribution is 0.646. The van der Waals surface area contributed by atoms with Crippen LogP contribution in [0.4, 0.5) is 0 Å². The highest BCUT2D eigenvalue weighted by Crippen LogP contribution is 2.19. The molecule has 1 rings (SSSR count).